The van der Waals surface area contributed by atoms with Crippen molar-refractivity contribution in [1.29, 1.82) is 0 Å². The van der Waals surface area contributed by atoms with Crippen LogP contribution >= 0.6 is 0 Å². The lowest BCUT2D eigenvalue weighted by Gasteiger charge is -2.21. The Kier molecular flexibility index (Phi) is 2.94. The highest BCUT2D eigenvalue weighted by molar-refractivity contribution is 5.92. The molecule has 0 aliphatic heterocycles. The van der Waals surface area contributed by atoms with Gasteiger partial charge in [-0.2, -0.15) is 0 Å². The summed E-state index contributed by atoms with van der Waals surface area (Å²) in [6, 6.07) is 3.38. The van der Waals surface area contributed by atoms with Gasteiger partial charge in [-0.1, -0.05) is 6.42 Å². The number of nitrogens with one attached hydrogen (secondary N) is 1. The number of nitrogens with two attached hydrogens (primary N) is 1. The molecule has 4 nitrogen and oxygen atoms in total. The Morgan fingerprint density at radius 1 is 1.39 bits per heavy atom. The number of pyridine rings is 1. The van der Waals surface area contributed by atoms with Crippen molar-refractivity contribution in [2.24, 2.45) is 17.8 Å². The van der Waals surface area contributed by atoms with Gasteiger partial charge in [0.2, 0.25) is 0 Å². The smallest absolute Gasteiger partial charge is 0.269 e. The first-order valence-electron chi connectivity index (χ1n) is 6.72. The molecule has 2 aliphatic rings. The molecule has 1 amide bonds. The number of rotatable bonds is 3. The van der Waals surface area contributed by atoms with E-state index < -0.39 is 0 Å². The average Bonchev–Trinajstić information content (AvgIpc) is 2.99. The molecule has 2 fully saturated rings. The van der Waals surface area contributed by atoms with Gasteiger partial charge in [0.15, 0.2) is 0 Å². The van der Waals surface area contributed by atoms with Gasteiger partial charge in [0, 0.05) is 6.54 Å². The topological polar surface area (TPSA) is 68.0 Å². The van der Waals surface area contributed by atoms with E-state index >= 15 is 0 Å². The highest BCUT2D eigenvalue weighted by Crippen LogP contribution is 2.47. The normalized spacial score (nSPS) is 29.4. The van der Waals surface area contributed by atoms with Crippen molar-refractivity contribution in [2.45, 2.75) is 25.7 Å². The number of carbonyl (C=O) groups is 1. The molecule has 1 heterocycles. The molecule has 2 saturated carbocycles. The first kappa shape index (κ1) is 11.5. The first-order chi connectivity index (χ1) is 8.72. The van der Waals surface area contributed by atoms with Gasteiger partial charge in [0.25, 0.3) is 5.91 Å². The van der Waals surface area contributed by atoms with Crippen LogP contribution in [0.25, 0.3) is 0 Å². The third-order valence-electron chi connectivity index (χ3n) is 4.43. The van der Waals surface area contributed by atoms with Crippen LogP contribution in [0.3, 0.4) is 0 Å². The van der Waals surface area contributed by atoms with E-state index in [2.05, 4.69) is 10.3 Å². The van der Waals surface area contributed by atoms with Crippen molar-refractivity contribution in [3.63, 3.8) is 0 Å². The average molecular weight is 245 g/mol. The zero-order valence-corrected chi connectivity index (χ0v) is 10.4. The standard InChI is InChI=1S/C14H19N3O/c15-12-3-4-13(16-8-12)14(18)17-7-11-6-9-1-2-10(11)5-9/h3-4,8-11H,1-2,5-7,15H2,(H,17,18). The Bertz CT molecular complexity index is 443. The molecule has 96 valence electrons. The van der Waals surface area contributed by atoms with Crippen LogP contribution in [0.15, 0.2) is 18.3 Å². The predicted molar refractivity (Wildman–Crippen MR) is 69.9 cm³/mol. The van der Waals surface area contributed by atoms with Crippen molar-refractivity contribution in [1.82, 2.24) is 10.3 Å². The second-order valence-corrected chi connectivity index (χ2v) is 5.62. The summed E-state index contributed by atoms with van der Waals surface area (Å²) in [4.78, 5) is 15.9. The van der Waals surface area contributed by atoms with E-state index in [0.717, 1.165) is 18.4 Å². The number of amides is 1. The summed E-state index contributed by atoms with van der Waals surface area (Å²) in [5, 5.41) is 3.00. The molecule has 0 spiro atoms. The molecule has 2 aliphatic carbocycles. The minimum absolute atomic E-state index is 0.0854. The maximum absolute atomic E-state index is 11.9. The van der Waals surface area contributed by atoms with Crippen molar-refractivity contribution >= 4 is 11.6 Å². The van der Waals surface area contributed by atoms with E-state index in [1.807, 2.05) is 0 Å². The number of carbonyl (C=O) groups excluding carboxylic acids is 1. The quantitative estimate of drug-likeness (QED) is 0.853. The van der Waals surface area contributed by atoms with Crippen LogP contribution in [0.5, 0.6) is 0 Å². The number of anilines is 1. The van der Waals surface area contributed by atoms with Crippen molar-refractivity contribution in [2.75, 3.05) is 12.3 Å². The lowest BCUT2D eigenvalue weighted by atomic mass is 9.89. The van der Waals surface area contributed by atoms with E-state index in [1.165, 1.54) is 31.9 Å². The highest BCUT2D eigenvalue weighted by Gasteiger charge is 2.39. The molecule has 3 N–H and O–H groups in total. The van der Waals surface area contributed by atoms with Gasteiger partial charge in [-0.25, -0.2) is 4.98 Å². The zero-order chi connectivity index (χ0) is 12.5. The maximum atomic E-state index is 11.9. The van der Waals surface area contributed by atoms with Crippen LogP contribution in [0.2, 0.25) is 0 Å². The highest BCUT2D eigenvalue weighted by atomic mass is 16.1. The van der Waals surface area contributed by atoms with Crippen LogP contribution in [-0.4, -0.2) is 17.4 Å². The summed E-state index contributed by atoms with van der Waals surface area (Å²) in [6.07, 6.45) is 6.94. The summed E-state index contributed by atoms with van der Waals surface area (Å²) in [5.41, 5.74) is 6.58. The van der Waals surface area contributed by atoms with E-state index in [1.54, 1.807) is 12.1 Å². The van der Waals surface area contributed by atoms with Gasteiger partial charge >= 0.3 is 0 Å². The fourth-order valence-corrected chi connectivity index (χ4v) is 3.48. The summed E-state index contributed by atoms with van der Waals surface area (Å²) in [5.74, 6) is 2.36. The van der Waals surface area contributed by atoms with Crippen molar-refractivity contribution < 1.29 is 4.79 Å². The van der Waals surface area contributed by atoms with Gasteiger partial charge in [-0.3, -0.25) is 4.79 Å². The Labute approximate surface area is 107 Å². The van der Waals surface area contributed by atoms with Gasteiger partial charge in [-0.15, -0.1) is 0 Å². The minimum atomic E-state index is -0.0854. The molecule has 3 rings (SSSR count). The lowest BCUT2D eigenvalue weighted by molar-refractivity contribution is 0.0937. The monoisotopic (exact) mass is 245 g/mol. The number of hydrogen-bond donors (Lipinski definition) is 2. The van der Waals surface area contributed by atoms with E-state index in [0.29, 0.717) is 17.3 Å². The van der Waals surface area contributed by atoms with Crippen LogP contribution < -0.4 is 11.1 Å². The molecule has 1 aromatic heterocycles. The van der Waals surface area contributed by atoms with E-state index in [4.69, 9.17) is 5.73 Å². The summed E-state index contributed by atoms with van der Waals surface area (Å²) in [6.45, 7) is 0.798. The summed E-state index contributed by atoms with van der Waals surface area (Å²) >= 11 is 0. The van der Waals surface area contributed by atoms with Gasteiger partial charge < -0.3 is 11.1 Å². The molecule has 3 atom stereocenters. The fourth-order valence-electron chi connectivity index (χ4n) is 3.48. The van der Waals surface area contributed by atoms with Gasteiger partial charge in [-0.05, 0) is 49.1 Å². The first-order valence-corrected chi connectivity index (χ1v) is 6.72. The molecule has 2 bridgehead atoms. The van der Waals surface area contributed by atoms with E-state index in [-0.39, 0.29) is 5.91 Å². The third kappa shape index (κ3) is 2.19. The van der Waals surface area contributed by atoms with Crippen LogP contribution in [0, 0.1) is 17.8 Å². The molecule has 0 radical (unpaired) electrons. The molecule has 0 aromatic carbocycles. The zero-order valence-electron chi connectivity index (χ0n) is 10.4. The van der Waals surface area contributed by atoms with Crippen LogP contribution in [0.4, 0.5) is 5.69 Å². The molecule has 4 heteroatoms. The van der Waals surface area contributed by atoms with Gasteiger partial charge in [0.1, 0.15) is 5.69 Å². The third-order valence-corrected chi connectivity index (χ3v) is 4.43. The molecule has 3 unspecified atom stereocenters. The second-order valence-electron chi connectivity index (χ2n) is 5.62. The molecule has 1 aromatic rings. The summed E-state index contributed by atoms with van der Waals surface area (Å²) < 4.78 is 0. The number of fused-ring (bicyclic) bond motifs is 2. The molecule has 18 heavy (non-hydrogen) atoms. The lowest BCUT2D eigenvalue weighted by Crippen LogP contribution is -2.32. The largest absolute Gasteiger partial charge is 0.397 e. The predicted octanol–water partition coefficient (Wildman–Crippen LogP) is 1.83. The summed E-state index contributed by atoms with van der Waals surface area (Å²) in [7, 11) is 0. The number of nitrogens with zero attached hydrogens (tertiary/aromatic N) is 1. The molecule has 0 saturated heterocycles. The second kappa shape index (κ2) is 4.59. The van der Waals surface area contributed by atoms with E-state index in [9.17, 15) is 4.79 Å². The maximum Gasteiger partial charge on any atom is 0.269 e. The fraction of sp³-hybridized carbons (Fsp3) is 0.571. The Morgan fingerprint density at radius 3 is 2.89 bits per heavy atom. The minimum Gasteiger partial charge on any atom is -0.397 e. The Hall–Kier alpha value is -1.58. The number of aromatic nitrogens is 1. The Balaban J connectivity index is 1.54. The number of nitrogen functional groups attached to an aromatic ring is 1. The van der Waals surface area contributed by atoms with Crippen LogP contribution in [0.1, 0.15) is 36.2 Å². The number of hydrogen-bond acceptors (Lipinski definition) is 3. The SMILES string of the molecule is Nc1ccc(C(=O)NCC2CC3CCC2C3)nc1. The van der Waals surface area contributed by atoms with Crippen molar-refractivity contribution in [3.8, 4) is 0 Å². The Morgan fingerprint density at radius 2 is 2.28 bits per heavy atom. The molecular formula is C14H19N3O. The van der Waals surface area contributed by atoms with Gasteiger partial charge in [0.05, 0.1) is 11.9 Å². The van der Waals surface area contributed by atoms with Crippen molar-refractivity contribution in [3.05, 3.63) is 24.0 Å². The van der Waals surface area contributed by atoms with Crippen LogP contribution in [-0.2, 0) is 0 Å². The molecular weight excluding hydrogens is 226 g/mol.